The van der Waals surface area contributed by atoms with Crippen LogP contribution >= 0.6 is 0 Å². The predicted molar refractivity (Wildman–Crippen MR) is 99.2 cm³/mol. The molecule has 0 aliphatic heterocycles. The summed E-state index contributed by atoms with van der Waals surface area (Å²) in [6, 6.07) is 0. The molecule has 0 aromatic heterocycles. The second-order valence-corrected chi connectivity index (χ2v) is 9.07. The Kier molecular flexibility index (Phi) is 7.18. The SMILES string of the molecule is O=C(CCCCCCCNCCO)OCC12CC3CC(CC(C3)C1)C2. The summed E-state index contributed by atoms with van der Waals surface area (Å²) in [4.78, 5) is 12.1. The summed E-state index contributed by atoms with van der Waals surface area (Å²) in [6.07, 6.45) is 14.5. The van der Waals surface area contributed by atoms with E-state index in [0.717, 1.165) is 43.6 Å². The molecule has 0 heterocycles. The zero-order valence-electron chi connectivity index (χ0n) is 15.8. The molecule has 0 radical (unpaired) electrons. The van der Waals surface area contributed by atoms with E-state index in [-0.39, 0.29) is 12.6 Å². The van der Waals surface area contributed by atoms with Crippen molar-refractivity contribution in [3.8, 4) is 0 Å². The van der Waals surface area contributed by atoms with Crippen molar-refractivity contribution < 1.29 is 14.6 Å². The summed E-state index contributed by atoms with van der Waals surface area (Å²) in [5.74, 6) is 2.81. The van der Waals surface area contributed by atoms with Crippen LogP contribution < -0.4 is 5.32 Å². The minimum absolute atomic E-state index is 0.0281. The molecule has 0 saturated heterocycles. The van der Waals surface area contributed by atoms with Crippen LogP contribution in [0, 0.1) is 23.2 Å². The van der Waals surface area contributed by atoms with Crippen LogP contribution in [0.3, 0.4) is 0 Å². The minimum Gasteiger partial charge on any atom is -0.465 e. The molecule has 4 saturated carbocycles. The van der Waals surface area contributed by atoms with E-state index in [9.17, 15) is 4.79 Å². The molecule has 25 heavy (non-hydrogen) atoms. The Balaban J connectivity index is 1.22. The molecule has 4 heteroatoms. The quantitative estimate of drug-likeness (QED) is 0.416. The molecule has 0 atom stereocenters. The van der Waals surface area contributed by atoms with Crippen LogP contribution in [0.15, 0.2) is 0 Å². The van der Waals surface area contributed by atoms with Crippen molar-refractivity contribution in [1.82, 2.24) is 5.32 Å². The second-order valence-electron chi connectivity index (χ2n) is 9.07. The first-order chi connectivity index (χ1) is 12.2. The molecule has 0 unspecified atom stereocenters. The molecular formula is C21H37NO3. The van der Waals surface area contributed by atoms with Crippen LogP contribution in [0.5, 0.6) is 0 Å². The maximum absolute atomic E-state index is 12.1. The van der Waals surface area contributed by atoms with Crippen molar-refractivity contribution >= 4 is 5.97 Å². The van der Waals surface area contributed by atoms with Crippen molar-refractivity contribution in [1.29, 1.82) is 0 Å². The van der Waals surface area contributed by atoms with Gasteiger partial charge in [0.2, 0.25) is 0 Å². The summed E-state index contributed by atoms with van der Waals surface area (Å²) < 4.78 is 5.73. The average molecular weight is 352 g/mol. The first kappa shape index (κ1) is 19.2. The van der Waals surface area contributed by atoms with E-state index in [1.807, 2.05) is 0 Å². The number of nitrogens with one attached hydrogen (secondary N) is 1. The normalized spacial score (nSPS) is 32.9. The lowest BCUT2D eigenvalue weighted by atomic mass is 9.50. The molecule has 0 aromatic rings. The van der Waals surface area contributed by atoms with Crippen LogP contribution in [-0.4, -0.2) is 37.4 Å². The third kappa shape index (κ3) is 5.68. The third-order valence-corrected chi connectivity index (χ3v) is 6.73. The van der Waals surface area contributed by atoms with Gasteiger partial charge in [-0.1, -0.05) is 19.3 Å². The molecule has 2 N–H and O–H groups in total. The number of esters is 1. The Hall–Kier alpha value is -0.610. The van der Waals surface area contributed by atoms with Gasteiger partial charge in [-0.15, -0.1) is 0 Å². The van der Waals surface area contributed by atoms with Crippen LogP contribution in [0.25, 0.3) is 0 Å². The van der Waals surface area contributed by atoms with Gasteiger partial charge >= 0.3 is 5.97 Å². The number of hydrogen-bond donors (Lipinski definition) is 2. The number of ether oxygens (including phenoxy) is 1. The Morgan fingerprint density at radius 2 is 1.52 bits per heavy atom. The fourth-order valence-corrected chi connectivity index (χ4v) is 6.03. The van der Waals surface area contributed by atoms with Gasteiger partial charge in [0.05, 0.1) is 13.2 Å². The number of aliphatic hydroxyl groups is 1. The Labute approximate surface area is 153 Å². The van der Waals surface area contributed by atoms with Crippen molar-refractivity contribution in [2.75, 3.05) is 26.3 Å². The molecule has 4 fully saturated rings. The van der Waals surface area contributed by atoms with E-state index in [4.69, 9.17) is 9.84 Å². The summed E-state index contributed by atoms with van der Waals surface area (Å²) >= 11 is 0. The lowest BCUT2D eigenvalue weighted by Gasteiger charge is -2.56. The minimum atomic E-state index is 0.0281. The van der Waals surface area contributed by atoms with Crippen molar-refractivity contribution in [2.45, 2.75) is 77.0 Å². The number of aliphatic hydroxyl groups excluding tert-OH is 1. The fraction of sp³-hybridized carbons (Fsp3) is 0.952. The first-order valence-corrected chi connectivity index (χ1v) is 10.7. The lowest BCUT2D eigenvalue weighted by Crippen LogP contribution is -2.48. The van der Waals surface area contributed by atoms with Gasteiger partial charge in [0.1, 0.15) is 0 Å². The number of carbonyl (C=O) groups excluding carboxylic acids is 1. The van der Waals surface area contributed by atoms with Gasteiger partial charge in [-0.2, -0.15) is 0 Å². The molecule has 0 amide bonds. The molecule has 0 aromatic carbocycles. The van der Waals surface area contributed by atoms with Crippen molar-refractivity contribution in [2.24, 2.45) is 23.2 Å². The Morgan fingerprint density at radius 3 is 2.16 bits per heavy atom. The van der Waals surface area contributed by atoms with Crippen LogP contribution in [0.2, 0.25) is 0 Å². The third-order valence-electron chi connectivity index (χ3n) is 6.73. The van der Waals surface area contributed by atoms with Gasteiger partial charge < -0.3 is 15.2 Å². The van der Waals surface area contributed by atoms with Gasteiger partial charge in [-0.25, -0.2) is 0 Å². The highest BCUT2D eigenvalue weighted by molar-refractivity contribution is 5.69. The topological polar surface area (TPSA) is 58.6 Å². The molecule has 144 valence electrons. The molecule has 0 spiro atoms. The van der Waals surface area contributed by atoms with Crippen LogP contribution in [0.1, 0.15) is 77.0 Å². The summed E-state index contributed by atoms with van der Waals surface area (Å²) in [6.45, 7) is 2.58. The fourth-order valence-electron chi connectivity index (χ4n) is 6.03. The highest BCUT2D eigenvalue weighted by atomic mass is 16.5. The maximum atomic E-state index is 12.1. The molecule has 4 aliphatic carbocycles. The van der Waals surface area contributed by atoms with Crippen LogP contribution in [-0.2, 0) is 9.53 Å². The van der Waals surface area contributed by atoms with E-state index in [0.29, 0.717) is 25.0 Å². The van der Waals surface area contributed by atoms with Gasteiger partial charge in [0, 0.05) is 18.4 Å². The largest absolute Gasteiger partial charge is 0.465 e. The van der Waals surface area contributed by atoms with Gasteiger partial charge in [-0.3, -0.25) is 4.79 Å². The second kappa shape index (κ2) is 9.36. The zero-order valence-corrected chi connectivity index (χ0v) is 15.8. The zero-order chi connectivity index (χ0) is 17.5. The van der Waals surface area contributed by atoms with Crippen molar-refractivity contribution in [3.05, 3.63) is 0 Å². The van der Waals surface area contributed by atoms with E-state index >= 15 is 0 Å². The smallest absolute Gasteiger partial charge is 0.305 e. The van der Waals surface area contributed by atoms with Gasteiger partial charge in [0.25, 0.3) is 0 Å². The highest BCUT2D eigenvalue weighted by Crippen LogP contribution is 2.60. The number of unbranched alkanes of at least 4 members (excludes halogenated alkanes) is 4. The standard InChI is InChI=1S/C21H37NO3/c23-9-8-22-7-5-3-1-2-4-6-20(24)25-16-21-13-17-10-18(14-21)12-19(11-17)15-21/h17-19,22-23H,1-16H2. The Morgan fingerprint density at radius 1 is 0.920 bits per heavy atom. The molecule has 4 bridgehead atoms. The number of rotatable bonds is 12. The summed E-state index contributed by atoms with van der Waals surface area (Å²) in [5, 5.41) is 11.9. The molecule has 4 aliphatic rings. The maximum Gasteiger partial charge on any atom is 0.305 e. The number of carbonyl (C=O) groups is 1. The monoisotopic (exact) mass is 351 g/mol. The lowest BCUT2D eigenvalue weighted by molar-refractivity contribution is -0.155. The first-order valence-electron chi connectivity index (χ1n) is 10.7. The summed E-state index contributed by atoms with van der Waals surface area (Å²) in [7, 11) is 0. The molecular weight excluding hydrogens is 314 g/mol. The summed E-state index contributed by atoms with van der Waals surface area (Å²) in [5.41, 5.74) is 0.353. The predicted octanol–water partition coefficient (Wildman–Crippen LogP) is 3.67. The Bertz CT molecular complexity index is 388. The van der Waals surface area contributed by atoms with Crippen molar-refractivity contribution in [3.63, 3.8) is 0 Å². The van der Waals surface area contributed by atoms with E-state index in [1.54, 1.807) is 0 Å². The van der Waals surface area contributed by atoms with Gasteiger partial charge in [-0.05, 0) is 75.7 Å². The van der Waals surface area contributed by atoms with E-state index in [2.05, 4.69) is 5.32 Å². The van der Waals surface area contributed by atoms with E-state index < -0.39 is 0 Å². The van der Waals surface area contributed by atoms with E-state index in [1.165, 1.54) is 51.4 Å². The van der Waals surface area contributed by atoms with Crippen LogP contribution in [0.4, 0.5) is 0 Å². The number of hydrogen-bond acceptors (Lipinski definition) is 4. The highest BCUT2D eigenvalue weighted by Gasteiger charge is 2.51. The molecule has 4 rings (SSSR count). The molecule has 4 nitrogen and oxygen atoms in total. The van der Waals surface area contributed by atoms with Gasteiger partial charge in [0.15, 0.2) is 0 Å². The average Bonchev–Trinajstić information content (AvgIpc) is 2.57.